The fourth-order valence-corrected chi connectivity index (χ4v) is 1.21. The summed E-state index contributed by atoms with van der Waals surface area (Å²) in [7, 11) is 0. The molecule has 2 aliphatic rings. The van der Waals surface area contributed by atoms with Crippen LogP contribution in [0, 0.1) is 0 Å². The smallest absolute Gasteiger partial charge is 0.249 e. The molecule has 0 bridgehead atoms. The molecule has 4 heteroatoms. The highest BCUT2D eigenvalue weighted by Gasteiger charge is 2.10. The number of carbonyl (C=O) groups excluding carboxylic acids is 1. The van der Waals surface area contributed by atoms with Crippen LogP contribution < -0.4 is 5.73 Å². The van der Waals surface area contributed by atoms with E-state index in [4.69, 9.17) is 5.73 Å². The Morgan fingerprint density at radius 2 is 2.00 bits per heavy atom. The van der Waals surface area contributed by atoms with Gasteiger partial charge in [-0.3, -0.25) is 14.8 Å². The second kappa shape index (κ2) is 2.82. The molecule has 0 spiro atoms. The van der Waals surface area contributed by atoms with Crippen LogP contribution in [-0.4, -0.2) is 15.9 Å². The molecule has 13 heavy (non-hydrogen) atoms. The van der Waals surface area contributed by atoms with Crippen LogP contribution in [0.1, 0.15) is 10.4 Å². The maximum atomic E-state index is 11.0. The number of fused-ring (bicyclic) bond motifs is 1. The van der Waals surface area contributed by atoms with Crippen molar-refractivity contribution in [3.63, 3.8) is 0 Å². The molecule has 0 atom stereocenters. The van der Waals surface area contributed by atoms with Gasteiger partial charge in [0.05, 0.1) is 5.56 Å². The average molecular weight is 173 g/mol. The largest absolute Gasteiger partial charge is 0.366 e. The van der Waals surface area contributed by atoms with Crippen LogP contribution in [0.15, 0.2) is 30.9 Å². The molecule has 0 radical (unpaired) electrons. The van der Waals surface area contributed by atoms with E-state index in [-0.39, 0.29) is 0 Å². The topological polar surface area (TPSA) is 68.9 Å². The van der Waals surface area contributed by atoms with E-state index < -0.39 is 5.91 Å². The third-order valence-electron chi connectivity index (χ3n) is 1.82. The summed E-state index contributed by atoms with van der Waals surface area (Å²) in [5.41, 5.74) is 7.21. The van der Waals surface area contributed by atoms with Gasteiger partial charge in [0.25, 0.3) is 0 Å². The van der Waals surface area contributed by atoms with Gasteiger partial charge in [0, 0.05) is 35.9 Å². The number of carbonyl (C=O) groups is 1. The second-order valence-corrected chi connectivity index (χ2v) is 2.65. The summed E-state index contributed by atoms with van der Waals surface area (Å²) < 4.78 is 0. The molecule has 2 heterocycles. The minimum atomic E-state index is -0.462. The molecule has 4 nitrogen and oxygen atoms in total. The minimum Gasteiger partial charge on any atom is -0.366 e. The lowest BCUT2D eigenvalue weighted by atomic mass is 10.1. The number of nitrogens with zero attached hydrogens (tertiary/aromatic N) is 2. The molecule has 0 unspecified atom stereocenters. The Hall–Kier alpha value is -1.97. The van der Waals surface area contributed by atoms with E-state index in [1.54, 1.807) is 30.9 Å². The molecule has 2 N–H and O–H groups in total. The summed E-state index contributed by atoms with van der Waals surface area (Å²) in [4.78, 5) is 18.9. The molecule has 1 amide bonds. The Morgan fingerprint density at radius 1 is 1.23 bits per heavy atom. The van der Waals surface area contributed by atoms with Crippen LogP contribution in [-0.2, 0) is 0 Å². The predicted octanol–water partition coefficient (Wildman–Crippen LogP) is 0.680. The number of hydrogen-bond donors (Lipinski definition) is 1. The molecule has 2 rings (SSSR count). The predicted molar refractivity (Wildman–Crippen MR) is 47.2 cm³/mol. The molecule has 0 fully saturated rings. The Balaban J connectivity index is 2.74. The van der Waals surface area contributed by atoms with Gasteiger partial charge in [0.15, 0.2) is 0 Å². The summed E-state index contributed by atoms with van der Waals surface area (Å²) in [5.74, 6) is -0.462. The molecule has 0 aromatic heterocycles. The third-order valence-corrected chi connectivity index (χ3v) is 1.82. The highest BCUT2D eigenvalue weighted by atomic mass is 16.1. The van der Waals surface area contributed by atoms with Crippen molar-refractivity contribution in [2.45, 2.75) is 0 Å². The average Bonchev–Trinajstić information content (AvgIpc) is 2.44. The molecule has 0 saturated heterocycles. The molecule has 0 aromatic carbocycles. The molecular weight excluding hydrogens is 166 g/mol. The van der Waals surface area contributed by atoms with Crippen molar-refractivity contribution in [1.82, 2.24) is 9.97 Å². The normalized spacial score (nSPS) is 10.2. The Bertz CT molecular complexity index is 427. The van der Waals surface area contributed by atoms with Crippen molar-refractivity contribution in [3.8, 4) is 11.1 Å². The second-order valence-electron chi connectivity index (χ2n) is 2.65. The van der Waals surface area contributed by atoms with Gasteiger partial charge in [0.2, 0.25) is 5.91 Å². The summed E-state index contributed by atoms with van der Waals surface area (Å²) in [6.45, 7) is 0. The molecule has 64 valence electrons. The monoisotopic (exact) mass is 173 g/mol. The number of amides is 1. The van der Waals surface area contributed by atoms with Crippen molar-refractivity contribution < 1.29 is 4.79 Å². The Kier molecular flexibility index (Phi) is 1.66. The fourth-order valence-electron chi connectivity index (χ4n) is 1.21. The molecular formula is C9H7N3O. The van der Waals surface area contributed by atoms with Gasteiger partial charge in [-0.05, 0) is 6.07 Å². The van der Waals surface area contributed by atoms with Crippen molar-refractivity contribution in [2.75, 3.05) is 0 Å². The highest BCUT2D eigenvalue weighted by molar-refractivity contribution is 5.99. The molecule has 0 aromatic rings. The van der Waals surface area contributed by atoms with Crippen molar-refractivity contribution >= 4 is 5.91 Å². The lowest BCUT2D eigenvalue weighted by Crippen LogP contribution is -2.11. The van der Waals surface area contributed by atoms with Crippen LogP contribution in [0.2, 0.25) is 0 Å². The third kappa shape index (κ3) is 1.22. The van der Waals surface area contributed by atoms with E-state index in [2.05, 4.69) is 9.97 Å². The van der Waals surface area contributed by atoms with Crippen molar-refractivity contribution in [3.05, 3.63) is 36.4 Å². The van der Waals surface area contributed by atoms with E-state index in [9.17, 15) is 4.79 Å². The summed E-state index contributed by atoms with van der Waals surface area (Å²) in [6.07, 6.45) is 6.45. The number of primary amides is 1. The van der Waals surface area contributed by atoms with Gasteiger partial charge < -0.3 is 5.73 Å². The first-order valence-corrected chi connectivity index (χ1v) is 3.76. The first-order valence-electron chi connectivity index (χ1n) is 3.76. The molecule has 0 saturated carbocycles. The lowest BCUT2D eigenvalue weighted by Gasteiger charge is -1.95. The number of aromatic nitrogens is 2. The maximum Gasteiger partial charge on any atom is 0.249 e. The van der Waals surface area contributed by atoms with E-state index in [0.717, 1.165) is 11.1 Å². The zero-order valence-corrected chi connectivity index (χ0v) is 6.77. The Morgan fingerprint density at radius 3 is 2.77 bits per heavy atom. The molecule has 2 aliphatic heterocycles. The van der Waals surface area contributed by atoms with Crippen LogP contribution in [0.25, 0.3) is 11.1 Å². The van der Waals surface area contributed by atoms with E-state index in [1.165, 1.54) is 0 Å². The molecule has 0 aliphatic carbocycles. The highest BCUT2D eigenvalue weighted by Crippen LogP contribution is 2.22. The SMILES string of the molecule is NC(=O)c1ccncc2cncc1-2. The van der Waals surface area contributed by atoms with Gasteiger partial charge in [0.1, 0.15) is 0 Å². The zero-order chi connectivity index (χ0) is 9.26. The summed E-state index contributed by atoms with van der Waals surface area (Å²) in [6, 6.07) is 1.59. The summed E-state index contributed by atoms with van der Waals surface area (Å²) >= 11 is 0. The van der Waals surface area contributed by atoms with Crippen LogP contribution in [0.5, 0.6) is 0 Å². The maximum absolute atomic E-state index is 11.0. The first kappa shape index (κ1) is 7.67. The fraction of sp³-hybridized carbons (Fsp3) is 0. The Labute approximate surface area is 74.8 Å². The number of rotatable bonds is 1. The lowest BCUT2D eigenvalue weighted by molar-refractivity contribution is 0.100. The number of nitrogens with two attached hydrogens (primary N) is 1. The zero-order valence-electron chi connectivity index (χ0n) is 6.77. The van der Waals surface area contributed by atoms with Crippen molar-refractivity contribution in [1.29, 1.82) is 0 Å². The quantitative estimate of drug-likeness (QED) is 0.689. The standard InChI is InChI=1S/C9H7N3O/c10-9(13)7-1-2-11-3-6-4-12-5-8(6)7/h1-5H,(H2,10,13). The van der Waals surface area contributed by atoms with Gasteiger partial charge in [-0.15, -0.1) is 0 Å². The van der Waals surface area contributed by atoms with Crippen molar-refractivity contribution in [2.24, 2.45) is 5.73 Å². The minimum absolute atomic E-state index is 0.449. The van der Waals surface area contributed by atoms with Gasteiger partial charge >= 0.3 is 0 Å². The first-order chi connectivity index (χ1) is 6.29. The van der Waals surface area contributed by atoms with Crippen LogP contribution >= 0.6 is 0 Å². The van der Waals surface area contributed by atoms with E-state index in [0.29, 0.717) is 5.56 Å². The van der Waals surface area contributed by atoms with E-state index in [1.807, 2.05) is 0 Å². The van der Waals surface area contributed by atoms with Gasteiger partial charge in [-0.25, -0.2) is 0 Å². The summed E-state index contributed by atoms with van der Waals surface area (Å²) in [5, 5.41) is 0. The van der Waals surface area contributed by atoms with Gasteiger partial charge in [-0.1, -0.05) is 0 Å². The van der Waals surface area contributed by atoms with Crippen LogP contribution in [0.4, 0.5) is 0 Å². The number of hydrogen-bond acceptors (Lipinski definition) is 3. The van der Waals surface area contributed by atoms with Crippen LogP contribution in [0.3, 0.4) is 0 Å². The van der Waals surface area contributed by atoms with E-state index >= 15 is 0 Å². The van der Waals surface area contributed by atoms with Gasteiger partial charge in [-0.2, -0.15) is 0 Å².